The van der Waals surface area contributed by atoms with Crippen LogP contribution in [0.2, 0.25) is 38.3 Å². The van der Waals surface area contributed by atoms with Gasteiger partial charge in [0, 0.05) is 12.9 Å². The van der Waals surface area contributed by atoms with Crippen molar-refractivity contribution in [1.29, 1.82) is 0 Å². The SMILES string of the molecule is CCC(C)c1ccc(C(=O)[N-]S(C)(=O)=O)cc1.CCCC[Si](C)(C)O[Si](C)(C)CCCOC(=O)C(C)(C)CC.CCOCCOCCOC(=O)C(C)CC.[K+]. The van der Waals surface area contributed by atoms with E-state index in [0.29, 0.717) is 51.1 Å². The molecule has 11 nitrogen and oxygen atoms in total. The number of unbranched alkanes of at least 4 members (excludes halogenated alkanes) is 1. The molecule has 15 heteroatoms. The van der Waals surface area contributed by atoms with Crippen LogP contribution in [0, 0.1) is 11.3 Å². The smallest absolute Gasteiger partial charge is 0.542 e. The summed E-state index contributed by atoms with van der Waals surface area (Å²) in [5.74, 6) is -0.540. The number of hydrogen-bond acceptors (Lipinski definition) is 10. The zero-order valence-electron chi connectivity index (χ0n) is 37.3. The largest absolute Gasteiger partial charge is 1.00 e. The number of nitrogens with zero attached hydrogens (tertiary/aromatic N) is 1. The van der Waals surface area contributed by atoms with Crippen molar-refractivity contribution in [2.45, 2.75) is 145 Å². The van der Waals surface area contributed by atoms with E-state index in [1.807, 2.05) is 53.7 Å². The van der Waals surface area contributed by atoms with Crippen molar-refractivity contribution in [3.8, 4) is 0 Å². The second-order valence-electron chi connectivity index (χ2n) is 15.5. The molecule has 0 aromatic heterocycles. The topological polar surface area (TPSA) is 146 Å². The monoisotopic (exact) mass is 857 g/mol. The number of carbonyl (C=O) groups excluding carboxylic acids is 3. The maximum atomic E-state index is 11.9. The number of rotatable bonds is 24. The van der Waals surface area contributed by atoms with E-state index in [4.69, 9.17) is 23.1 Å². The fraction of sp³-hybridized carbons (Fsp3) is 0.775. The van der Waals surface area contributed by atoms with Gasteiger partial charge in [-0.3, -0.25) is 9.59 Å². The number of hydrogen-bond donors (Lipinski definition) is 0. The molecule has 0 aliphatic rings. The van der Waals surface area contributed by atoms with Gasteiger partial charge in [-0.2, -0.15) is 0 Å². The third-order valence-electron chi connectivity index (χ3n) is 8.93. The van der Waals surface area contributed by atoms with Crippen molar-refractivity contribution in [2.24, 2.45) is 11.3 Å². The number of carbonyl (C=O) groups is 3. The van der Waals surface area contributed by atoms with E-state index in [0.717, 1.165) is 43.5 Å². The van der Waals surface area contributed by atoms with E-state index >= 15 is 0 Å². The molecule has 0 aliphatic heterocycles. The molecule has 0 spiro atoms. The van der Waals surface area contributed by atoms with Gasteiger partial charge in [-0.25, -0.2) is 8.42 Å². The molecule has 0 N–H and O–H groups in total. The van der Waals surface area contributed by atoms with Gasteiger partial charge >= 0.3 is 63.3 Å². The first-order valence-corrected chi connectivity index (χ1v) is 27.9. The Morgan fingerprint density at radius 2 is 1.29 bits per heavy atom. The van der Waals surface area contributed by atoms with Gasteiger partial charge < -0.3 is 32.6 Å². The average Bonchev–Trinajstić information content (AvgIpc) is 3.10. The molecule has 1 aromatic rings. The molecule has 0 fully saturated rings. The van der Waals surface area contributed by atoms with Gasteiger partial charge in [0.2, 0.25) is 0 Å². The molecule has 55 heavy (non-hydrogen) atoms. The summed E-state index contributed by atoms with van der Waals surface area (Å²) < 4.78 is 52.1. The fourth-order valence-corrected chi connectivity index (χ4v) is 14.1. The second kappa shape index (κ2) is 31.5. The minimum absolute atomic E-state index is 0. The van der Waals surface area contributed by atoms with Gasteiger partial charge in [-0.1, -0.05) is 78.6 Å². The van der Waals surface area contributed by atoms with Crippen LogP contribution in [0.1, 0.15) is 123 Å². The summed E-state index contributed by atoms with van der Waals surface area (Å²) in [5, 5.41) is 0. The van der Waals surface area contributed by atoms with Gasteiger partial charge in [-0.15, -0.1) is 0 Å². The Labute approximate surface area is 380 Å². The molecule has 0 radical (unpaired) electrons. The van der Waals surface area contributed by atoms with Crippen LogP contribution in [-0.2, 0) is 42.7 Å². The fourth-order valence-electron chi connectivity index (χ4n) is 4.72. The van der Waals surface area contributed by atoms with Crippen LogP contribution in [0.3, 0.4) is 0 Å². The second-order valence-corrected chi connectivity index (χ2v) is 26.1. The van der Waals surface area contributed by atoms with Gasteiger partial charge in [0.1, 0.15) is 6.61 Å². The molecular weight excluding hydrogens is 782 g/mol. The predicted molar refractivity (Wildman–Crippen MR) is 226 cm³/mol. The summed E-state index contributed by atoms with van der Waals surface area (Å²) >= 11 is 0. The van der Waals surface area contributed by atoms with Crippen molar-refractivity contribution in [1.82, 2.24) is 0 Å². The van der Waals surface area contributed by atoms with E-state index in [9.17, 15) is 22.8 Å². The summed E-state index contributed by atoms with van der Waals surface area (Å²) in [4.78, 5) is 34.6. The molecule has 2 atom stereocenters. The van der Waals surface area contributed by atoms with Crippen molar-refractivity contribution < 1.29 is 97.2 Å². The molecule has 0 aliphatic carbocycles. The van der Waals surface area contributed by atoms with E-state index in [2.05, 4.69) is 51.7 Å². The van der Waals surface area contributed by atoms with E-state index < -0.39 is 32.6 Å². The Kier molecular flexibility index (Phi) is 33.7. The Bertz CT molecular complexity index is 1300. The molecule has 1 aromatic carbocycles. The normalized spacial score (nSPS) is 12.8. The summed E-state index contributed by atoms with van der Waals surface area (Å²) in [6, 6.07) is 9.20. The first kappa shape index (κ1) is 58.8. The third-order valence-corrected chi connectivity index (χ3v) is 17.0. The molecule has 1 amide bonds. The third kappa shape index (κ3) is 31.2. The van der Waals surface area contributed by atoms with Crippen LogP contribution in [0.4, 0.5) is 0 Å². The summed E-state index contributed by atoms with van der Waals surface area (Å²) in [5.41, 5.74) is 1.06. The van der Waals surface area contributed by atoms with Crippen LogP contribution in [0.25, 0.3) is 4.72 Å². The minimum atomic E-state index is -3.63. The maximum absolute atomic E-state index is 11.9. The van der Waals surface area contributed by atoms with Crippen molar-refractivity contribution in [3.63, 3.8) is 0 Å². The quantitative estimate of drug-likeness (QED) is 0.0613. The number of ether oxygens (including phenoxy) is 4. The van der Waals surface area contributed by atoms with Crippen LogP contribution >= 0.6 is 0 Å². The zero-order chi connectivity index (χ0) is 42.0. The zero-order valence-corrected chi connectivity index (χ0v) is 43.2. The Hall–Kier alpha value is -0.470. The Morgan fingerprint density at radius 3 is 1.76 bits per heavy atom. The molecule has 0 bridgehead atoms. The van der Waals surface area contributed by atoms with E-state index in [1.165, 1.54) is 18.9 Å². The minimum Gasteiger partial charge on any atom is -0.542 e. The number of amides is 1. The predicted octanol–water partition coefficient (Wildman–Crippen LogP) is 6.89. The number of benzene rings is 1. The molecule has 1 rings (SSSR count). The van der Waals surface area contributed by atoms with Crippen molar-refractivity contribution >= 4 is 44.5 Å². The first-order chi connectivity index (χ1) is 25.0. The molecule has 0 saturated carbocycles. The maximum Gasteiger partial charge on any atom is 1.00 e. The van der Waals surface area contributed by atoms with E-state index in [1.54, 1.807) is 12.1 Å². The van der Waals surface area contributed by atoms with Crippen molar-refractivity contribution in [2.75, 3.05) is 45.9 Å². The molecule has 0 saturated heterocycles. The Morgan fingerprint density at radius 1 is 0.764 bits per heavy atom. The van der Waals surface area contributed by atoms with Gasteiger partial charge in [0.25, 0.3) is 0 Å². The average molecular weight is 858 g/mol. The summed E-state index contributed by atoms with van der Waals surface area (Å²) in [7, 11) is -6.80. The summed E-state index contributed by atoms with van der Waals surface area (Å²) in [6.45, 7) is 30.5. The Balaban J connectivity index is -0.000000746. The van der Waals surface area contributed by atoms with Crippen LogP contribution in [0.5, 0.6) is 0 Å². The first-order valence-electron chi connectivity index (χ1n) is 19.8. The summed E-state index contributed by atoms with van der Waals surface area (Å²) in [6.07, 6.45) is 6.97. The van der Waals surface area contributed by atoms with Gasteiger partial charge in [-0.05, 0) is 102 Å². The molecule has 0 heterocycles. The molecule has 2 unspecified atom stereocenters. The van der Waals surface area contributed by atoms with Crippen LogP contribution < -0.4 is 51.4 Å². The van der Waals surface area contributed by atoms with Crippen LogP contribution in [-0.4, -0.2) is 88.8 Å². The standard InChI is InChI=1S/C17H38O3Si2.C12H17NO3S.C11H22O4.K/c1-9-11-14-21(5,6)20-22(7,8)15-12-13-19-16(18)17(3,4)10-2;1-4-9(2)10-5-7-11(8-6-10)12(14)13-17(3,15)16;1-4-10(3)11(12)15-9-8-14-7-6-13-5-2;/h9-15H2,1-8H3;5-9H,4H2,1-3H3,(H,13,14);10H,4-9H2,1-3H3;/q;;;+1/p-1. The number of sulfonamides is 1. The number of esters is 2. The van der Waals surface area contributed by atoms with Crippen molar-refractivity contribution in [3.05, 3.63) is 40.1 Å². The van der Waals surface area contributed by atoms with Gasteiger partial charge in [0.05, 0.1) is 53.7 Å². The molecule has 316 valence electrons. The van der Waals surface area contributed by atoms with Crippen LogP contribution in [0.15, 0.2) is 24.3 Å². The van der Waals surface area contributed by atoms with E-state index in [-0.39, 0.29) is 74.7 Å². The van der Waals surface area contributed by atoms with Gasteiger partial charge in [0.15, 0.2) is 16.6 Å². The molecular formula is C40H76KNO10SSi2.